The predicted molar refractivity (Wildman–Crippen MR) is 170 cm³/mol. The molecule has 2 aliphatic rings. The minimum atomic E-state index is -0.442. The standard InChI is InChI=1S/C34H41N5O4/c1-5-43-34(40)30-22-29(24-9-11-25(12-10-24)37(4)26-13-17-41-18-14-26)31-32(23(2)3)36-39(33(31)35-30)28-8-6-7-27(21-28)38-15-19-42-20-16-38/h6-12,21-23,26H,5,13-20H2,1-4H3. The van der Waals surface area contributed by atoms with Gasteiger partial charge in [-0.05, 0) is 73.2 Å². The monoisotopic (exact) mass is 583 g/mol. The average molecular weight is 584 g/mol. The molecule has 2 aromatic heterocycles. The first kappa shape index (κ1) is 29.1. The summed E-state index contributed by atoms with van der Waals surface area (Å²) in [7, 11) is 2.15. The van der Waals surface area contributed by atoms with Gasteiger partial charge in [0.2, 0.25) is 0 Å². The molecule has 9 heteroatoms. The van der Waals surface area contributed by atoms with Gasteiger partial charge in [0, 0.05) is 50.8 Å². The number of carbonyl (C=O) groups excluding carboxylic acids is 1. The van der Waals surface area contributed by atoms with Crippen LogP contribution in [-0.4, -0.2) is 79.9 Å². The molecule has 0 radical (unpaired) electrons. The van der Waals surface area contributed by atoms with Crippen LogP contribution >= 0.6 is 0 Å². The number of nitrogens with zero attached hydrogens (tertiary/aromatic N) is 5. The van der Waals surface area contributed by atoms with Crippen LogP contribution in [0.25, 0.3) is 27.8 Å². The van der Waals surface area contributed by atoms with E-state index in [0.29, 0.717) is 24.9 Å². The van der Waals surface area contributed by atoms with Crippen molar-refractivity contribution < 1.29 is 19.0 Å². The van der Waals surface area contributed by atoms with Gasteiger partial charge in [-0.3, -0.25) is 0 Å². The number of anilines is 2. The lowest BCUT2D eigenvalue weighted by molar-refractivity contribution is 0.0520. The van der Waals surface area contributed by atoms with E-state index in [2.05, 4.69) is 67.1 Å². The number of rotatable bonds is 8. The molecule has 4 heterocycles. The summed E-state index contributed by atoms with van der Waals surface area (Å²) in [5.41, 5.74) is 6.95. The van der Waals surface area contributed by atoms with Crippen LogP contribution in [0.15, 0.2) is 54.6 Å². The van der Waals surface area contributed by atoms with Crippen molar-refractivity contribution in [2.45, 2.75) is 45.6 Å². The highest BCUT2D eigenvalue weighted by molar-refractivity contribution is 6.00. The van der Waals surface area contributed by atoms with Gasteiger partial charge in [-0.25, -0.2) is 14.5 Å². The van der Waals surface area contributed by atoms with Crippen molar-refractivity contribution in [2.75, 3.05) is 63.0 Å². The first-order valence-electron chi connectivity index (χ1n) is 15.4. The number of aromatic nitrogens is 3. The zero-order valence-electron chi connectivity index (χ0n) is 25.6. The third-order valence-electron chi connectivity index (χ3n) is 8.47. The van der Waals surface area contributed by atoms with E-state index in [1.54, 1.807) is 0 Å². The smallest absolute Gasteiger partial charge is 0.357 e. The largest absolute Gasteiger partial charge is 0.461 e. The van der Waals surface area contributed by atoms with E-state index in [-0.39, 0.29) is 18.2 Å². The summed E-state index contributed by atoms with van der Waals surface area (Å²) < 4.78 is 18.4. The molecule has 9 nitrogen and oxygen atoms in total. The maximum atomic E-state index is 13.1. The summed E-state index contributed by atoms with van der Waals surface area (Å²) in [6.45, 7) is 11.1. The fourth-order valence-electron chi connectivity index (χ4n) is 6.07. The molecular formula is C34H41N5O4. The van der Waals surface area contributed by atoms with Crippen molar-refractivity contribution in [3.63, 3.8) is 0 Å². The van der Waals surface area contributed by atoms with E-state index in [1.165, 1.54) is 0 Å². The Labute approximate surface area is 253 Å². The second-order valence-corrected chi connectivity index (χ2v) is 11.5. The number of morpholine rings is 1. The zero-order valence-corrected chi connectivity index (χ0v) is 25.6. The van der Waals surface area contributed by atoms with Gasteiger partial charge in [-0.15, -0.1) is 0 Å². The highest BCUT2D eigenvalue weighted by atomic mass is 16.5. The van der Waals surface area contributed by atoms with Gasteiger partial charge < -0.3 is 24.0 Å². The molecule has 0 N–H and O–H groups in total. The molecule has 6 rings (SSSR count). The molecular weight excluding hydrogens is 542 g/mol. The molecule has 2 aromatic carbocycles. The Morgan fingerprint density at radius 3 is 2.40 bits per heavy atom. The third kappa shape index (κ3) is 5.96. The molecule has 0 bridgehead atoms. The number of esters is 1. The van der Waals surface area contributed by atoms with Crippen molar-refractivity contribution >= 4 is 28.4 Å². The molecule has 43 heavy (non-hydrogen) atoms. The lowest BCUT2D eigenvalue weighted by Crippen LogP contribution is -2.36. The number of fused-ring (bicyclic) bond motifs is 1. The molecule has 0 saturated carbocycles. The fourth-order valence-corrected chi connectivity index (χ4v) is 6.07. The van der Waals surface area contributed by atoms with E-state index in [1.807, 2.05) is 29.8 Å². The third-order valence-corrected chi connectivity index (χ3v) is 8.47. The van der Waals surface area contributed by atoms with Crippen LogP contribution in [0.5, 0.6) is 0 Å². The highest BCUT2D eigenvalue weighted by Gasteiger charge is 2.25. The SMILES string of the molecule is CCOC(=O)c1cc(-c2ccc(N(C)C3CCOCC3)cc2)c2c(C(C)C)nn(-c3cccc(N4CCOCC4)c3)c2n1. The Morgan fingerprint density at radius 2 is 1.70 bits per heavy atom. The summed E-state index contributed by atoms with van der Waals surface area (Å²) >= 11 is 0. The minimum absolute atomic E-state index is 0.138. The number of hydrogen-bond donors (Lipinski definition) is 0. The normalized spacial score (nSPS) is 16.2. The van der Waals surface area contributed by atoms with Crippen LogP contribution in [0.1, 0.15) is 55.7 Å². The van der Waals surface area contributed by atoms with Crippen LogP contribution < -0.4 is 9.80 Å². The van der Waals surface area contributed by atoms with Crippen molar-refractivity contribution in [2.24, 2.45) is 0 Å². The number of benzene rings is 2. The van der Waals surface area contributed by atoms with Crippen LogP contribution in [-0.2, 0) is 14.2 Å². The van der Waals surface area contributed by atoms with Crippen LogP contribution in [0, 0.1) is 0 Å². The van der Waals surface area contributed by atoms with Crippen LogP contribution in [0.3, 0.4) is 0 Å². The quantitative estimate of drug-likeness (QED) is 0.239. The Morgan fingerprint density at radius 1 is 1.00 bits per heavy atom. The van der Waals surface area contributed by atoms with Gasteiger partial charge in [0.05, 0.1) is 36.6 Å². The minimum Gasteiger partial charge on any atom is -0.461 e. The molecule has 0 unspecified atom stereocenters. The first-order chi connectivity index (χ1) is 20.9. The number of hydrogen-bond acceptors (Lipinski definition) is 8. The lowest BCUT2D eigenvalue weighted by atomic mass is 9.97. The van der Waals surface area contributed by atoms with Gasteiger partial charge in [0.25, 0.3) is 0 Å². The van der Waals surface area contributed by atoms with Crippen molar-refractivity contribution in [1.82, 2.24) is 14.8 Å². The summed E-state index contributed by atoms with van der Waals surface area (Å²) in [6.07, 6.45) is 2.05. The molecule has 0 atom stereocenters. The van der Waals surface area contributed by atoms with Crippen molar-refractivity contribution in [1.29, 1.82) is 0 Å². The maximum absolute atomic E-state index is 13.1. The van der Waals surface area contributed by atoms with Crippen molar-refractivity contribution in [3.8, 4) is 16.8 Å². The second-order valence-electron chi connectivity index (χ2n) is 11.5. The molecule has 2 fully saturated rings. The van der Waals surface area contributed by atoms with E-state index in [0.717, 1.165) is 78.4 Å². The zero-order chi connectivity index (χ0) is 29.9. The summed E-state index contributed by atoms with van der Waals surface area (Å²) in [4.78, 5) is 22.6. The Bertz CT molecular complexity index is 1570. The Balaban J connectivity index is 1.47. The van der Waals surface area contributed by atoms with E-state index < -0.39 is 5.97 Å². The summed E-state index contributed by atoms with van der Waals surface area (Å²) in [6, 6.07) is 19.3. The maximum Gasteiger partial charge on any atom is 0.357 e. The van der Waals surface area contributed by atoms with E-state index >= 15 is 0 Å². The second kappa shape index (κ2) is 12.7. The topological polar surface area (TPSA) is 82.0 Å². The highest BCUT2D eigenvalue weighted by Crippen LogP contribution is 2.37. The first-order valence-corrected chi connectivity index (χ1v) is 15.4. The lowest BCUT2D eigenvalue weighted by Gasteiger charge is -2.33. The van der Waals surface area contributed by atoms with E-state index in [4.69, 9.17) is 24.3 Å². The average Bonchev–Trinajstić information content (AvgIpc) is 3.45. The molecule has 0 aliphatic carbocycles. The van der Waals surface area contributed by atoms with E-state index in [9.17, 15) is 4.79 Å². The molecule has 0 amide bonds. The van der Waals surface area contributed by atoms with Gasteiger partial charge in [-0.2, -0.15) is 5.10 Å². The predicted octanol–water partition coefficient (Wildman–Crippen LogP) is 5.84. The van der Waals surface area contributed by atoms with Crippen LogP contribution in [0.2, 0.25) is 0 Å². The number of ether oxygens (including phenoxy) is 3. The summed E-state index contributed by atoms with van der Waals surface area (Å²) in [5, 5.41) is 6.07. The Kier molecular flexibility index (Phi) is 8.63. The van der Waals surface area contributed by atoms with Crippen molar-refractivity contribution in [3.05, 3.63) is 66.0 Å². The van der Waals surface area contributed by atoms with Gasteiger partial charge in [-0.1, -0.05) is 32.0 Å². The number of pyridine rings is 1. The molecule has 4 aromatic rings. The molecule has 0 spiro atoms. The summed E-state index contributed by atoms with van der Waals surface area (Å²) in [5.74, 6) is -0.304. The number of carbonyl (C=O) groups is 1. The molecule has 226 valence electrons. The van der Waals surface area contributed by atoms with Gasteiger partial charge in [0.15, 0.2) is 11.3 Å². The molecule has 2 aliphatic heterocycles. The Hall–Kier alpha value is -3.95. The fraction of sp³-hybridized carbons (Fsp3) is 0.441. The molecule has 2 saturated heterocycles. The van der Waals surface area contributed by atoms with Gasteiger partial charge >= 0.3 is 5.97 Å². The van der Waals surface area contributed by atoms with Gasteiger partial charge in [0.1, 0.15) is 0 Å². The van der Waals surface area contributed by atoms with Crippen LogP contribution in [0.4, 0.5) is 11.4 Å².